The maximum absolute atomic E-state index is 6.10. The number of nitrogens with zero attached hydrogens (tertiary/aromatic N) is 2. The highest BCUT2D eigenvalue weighted by atomic mass is 16.5. The molecule has 0 aromatic carbocycles. The van der Waals surface area contributed by atoms with Crippen LogP contribution in [0.1, 0.15) is 63.0 Å². The highest BCUT2D eigenvalue weighted by molar-refractivity contribution is 5.12. The van der Waals surface area contributed by atoms with Gasteiger partial charge in [-0.05, 0) is 50.4 Å². The van der Waals surface area contributed by atoms with E-state index >= 15 is 0 Å². The lowest BCUT2D eigenvalue weighted by Crippen LogP contribution is -2.46. The quantitative estimate of drug-likeness (QED) is 0.928. The lowest BCUT2D eigenvalue weighted by Gasteiger charge is -2.38. The molecule has 2 heterocycles. The third-order valence-electron chi connectivity index (χ3n) is 5.83. The zero-order valence-electron chi connectivity index (χ0n) is 13.7. The molecule has 122 valence electrons. The van der Waals surface area contributed by atoms with Crippen molar-refractivity contribution in [2.75, 3.05) is 6.61 Å². The molecule has 4 rings (SSSR count). The van der Waals surface area contributed by atoms with Crippen LogP contribution in [0.5, 0.6) is 0 Å². The molecular weight excluding hydrogens is 274 g/mol. The summed E-state index contributed by atoms with van der Waals surface area (Å²) in [5.41, 5.74) is 1.23. The Morgan fingerprint density at radius 1 is 1.14 bits per heavy atom. The van der Waals surface area contributed by atoms with E-state index in [2.05, 4.69) is 16.6 Å². The van der Waals surface area contributed by atoms with Crippen molar-refractivity contribution >= 4 is 0 Å². The summed E-state index contributed by atoms with van der Waals surface area (Å²) in [5.74, 6) is 2.05. The highest BCUT2D eigenvalue weighted by Crippen LogP contribution is 2.44. The third kappa shape index (κ3) is 3.23. The van der Waals surface area contributed by atoms with Crippen LogP contribution in [0.4, 0.5) is 0 Å². The van der Waals surface area contributed by atoms with E-state index in [0.29, 0.717) is 12.1 Å². The van der Waals surface area contributed by atoms with Gasteiger partial charge in [-0.3, -0.25) is 4.68 Å². The molecule has 2 saturated carbocycles. The summed E-state index contributed by atoms with van der Waals surface area (Å²) in [4.78, 5) is 0. The molecule has 2 aliphatic carbocycles. The van der Waals surface area contributed by atoms with E-state index in [1.54, 1.807) is 0 Å². The molecule has 4 heteroatoms. The highest BCUT2D eigenvalue weighted by Gasteiger charge is 2.36. The minimum Gasteiger partial charge on any atom is -0.372 e. The Labute approximate surface area is 133 Å². The smallest absolute Gasteiger partial charge is 0.101 e. The fourth-order valence-electron chi connectivity index (χ4n) is 4.54. The van der Waals surface area contributed by atoms with Gasteiger partial charge in [-0.15, -0.1) is 0 Å². The van der Waals surface area contributed by atoms with Crippen LogP contribution in [-0.2, 0) is 11.8 Å². The van der Waals surface area contributed by atoms with Crippen molar-refractivity contribution in [1.29, 1.82) is 0 Å². The summed E-state index contributed by atoms with van der Waals surface area (Å²) in [6, 6.07) is 1.16. The van der Waals surface area contributed by atoms with Crippen LogP contribution in [0, 0.1) is 11.8 Å². The van der Waals surface area contributed by atoms with Crippen molar-refractivity contribution < 1.29 is 4.74 Å². The van der Waals surface area contributed by atoms with Gasteiger partial charge < -0.3 is 10.1 Å². The number of ether oxygens (including phenoxy) is 1. The second-order valence-corrected chi connectivity index (χ2v) is 7.62. The molecule has 0 radical (unpaired) electrons. The molecule has 22 heavy (non-hydrogen) atoms. The van der Waals surface area contributed by atoms with E-state index in [9.17, 15) is 0 Å². The predicted molar refractivity (Wildman–Crippen MR) is 86.5 cm³/mol. The summed E-state index contributed by atoms with van der Waals surface area (Å²) in [6.07, 6.45) is 15.3. The van der Waals surface area contributed by atoms with Gasteiger partial charge in [0, 0.05) is 37.5 Å². The second-order valence-electron chi connectivity index (χ2n) is 7.62. The largest absolute Gasteiger partial charge is 0.372 e. The summed E-state index contributed by atoms with van der Waals surface area (Å²) < 4.78 is 7.99. The summed E-state index contributed by atoms with van der Waals surface area (Å²) >= 11 is 0. The van der Waals surface area contributed by atoms with Gasteiger partial charge in [-0.2, -0.15) is 5.10 Å². The number of aromatic nitrogens is 2. The Morgan fingerprint density at radius 2 is 2.05 bits per heavy atom. The van der Waals surface area contributed by atoms with Gasteiger partial charge in [0.05, 0.1) is 6.20 Å². The zero-order chi connectivity index (χ0) is 14.9. The minimum absolute atomic E-state index is 0.184. The van der Waals surface area contributed by atoms with E-state index in [-0.39, 0.29) is 6.10 Å². The van der Waals surface area contributed by atoms with Crippen LogP contribution in [0.3, 0.4) is 0 Å². The Hall–Kier alpha value is -0.870. The van der Waals surface area contributed by atoms with E-state index in [0.717, 1.165) is 18.4 Å². The molecule has 0 unspecified atom stereocenters. The Balaban J connectivity index is 1.40. The average Bonchev–Trinajstić information content (AvgIpc) is 3.30. The number of rotatable bonds is 4. The molecule has 1 saturated heterocycles. The van der Waals surface area contributed by atoms with Gasteiger partial charge in [0.25, 0.3) is 0 Å². The fourth-order valence-corrected chi connectivity index (χ4v) is 4.54. The zero-order valence-corrected chi connectivity index (χ0v) is 13.7. The Kier molecular flexibility index (Phi) is 4.23. The Bertz CT molecular complexity index is 496. The van der Waals surface area contributed by atoms with Gasteiger partial charge >= 0.3 is 0 Å². The lowest BCUT2D eigenvalue weighted by molar-refractivity contribution is -0.0162. The van der Waals surface area contributed by atoms with Gasteiger partial charge in [-0.25, -0.2) is 0 Å². The maximum Gasteiger partial charge on any atom is 0.101 e. The third-order valence-corrected chi connectivity index (χ3v) is 5.83. The van der Waals surface area contributed by atoms with Crippen LogP contribution in [-0.4, -0.2) is 28.5 Å². The topological polar surface area (TPSA) is 39.1 Å². The predicted octanol–water partition coefficient (Wildman–Crippen LogP) is 3.20. The molecule has 1 aliphatic heterocycles. The summed E-state index contributed by atoms with van der Waals surface area (Å²) in [6.45, 7) is 0.882. The second kappa shape index (κ2) is 6.32. The molecule has 1 N–H and O–H groups in total. The Morgan fingerprint density at radius 3 is 2.82 bits per heavy atom. The SMILES string of the molecule is Cn1cc([C@H]2OCCC[C@@H]2N[C@H]2CCC[C@H](C3CC3)C2)cn1. The number of hydrogen-bond acceptors (Lipinski definition) is 3. The van der Waals surface area contributed by atoms with Gasteiger partial charge in [0.2, 0.25) is 0 Å². The fraction of sp³-hybridized carbons (Fsp3) is 0.833. The molecule has 3 aliphatic rings. The van der Waals surface area contributed by atoms with Crippen molar-refractivity contribution in [2.45, 2.75) is 69.6 Å². The van der Waals surface area contributed by atoms with Crippen LogP contribution in [0.2, 0.25) is 0 Å². The maximum atomic E-state index is 6.10. The minimum atomic E-state index is 0.184. The van der Waals surface area contributed by atoms with Crippen LogP contribution in [0.15, 0.2) is 12.4 Å². The summed E-state index contributed by atoms with van der Waals surface area (Å²) in [5, 5.41) is 8.29. The molecular formula is C18H29N3O. The van der Waals surface area contributed by atoms with E-state index in [4.69, 9.17) is 4.74 Å². The van der Waals surface area contributed by atoms with Crippen molar-refractivity contribution in [3.05, 3.63) is 18.0 Å². The number of hydrogen-bond donors (Lipinski definition) is 1. The monoisotopic (exact) mass is 303 g/mol. The van der Waals surface area contributed by atoms with E-state index in [1.165, 1.54) is 56.9 Å². The van der Waals surface area contributed by atoms with Crippen LogP contribution < -0.4 is 5.32 Å². The van der Waals surface area contributed by atoms with E-state index in [1.807, 2.05) is 17.9 Å². The first-order chi connectivity index (χ1) is 10.8. The molecule has 0 amide bonds. The number of aryl methyl sites for hydroxylation is 1. The standard InChI is InChI=1S/C18H29N3O/c1-21-12-15(11-19-21)18-17(6-3-9-22-18)20-16-5-2-4-14(10-16)13-7-8-13/h11-14,16-18,20H,2-10H2,1H3/t14-,16-,17-,18+/m0/s1. The molecule has 1 aromatic heterocycles. The van der Waals surface area contributed by atoms with E-state index < -0.39 is 0 Å². The molecule has 4 nitrogen and oxygen atoms in total. The first kappa shape index (κ1) is 14.7. The van der Waals surface area contributed by atoms with Crippen molar-refractivity contribution in [1.82, 2.24) is 15.1 Å². The van der Waals surface area contributed by atoms with Gasteiger partial charge in [-0.1, -0.05) is 12.8 Å². The van der Waals surface area contributed by atoms with Crippen molar-refractivity contribution in [2.24, 2.45) is 18.9 Å². The average molecular weight is 303 g/mol. The van der Waals surface area contributed by atoms with Gasteiger partial charge in [0.1, 0.15) is 6.10 Å². The first-order valence-electron chi connectivity index (χ1n) is 9.16. The van der Waals surface area contributed by atoms with Gasteiger partial charge in [0.15, 0.2) is 0 Å². The van der Waals surface area contributed by atoms with Crippen LogP contribution >= 0.6 is 0 Å². The molecule has 0 bridgehead atoms. The normalized spacial score (nSPS) is 36.4. The van der Waals surface area contributed by atoms with Crippen molar-refractivity contribution in [3.63, 3.8) is 0 Å². The first-order valence-corrected chi connectivity index (χ1v) is 9.16. The summed E-state index contributed by atoms with van der Waals surface area (Å²) in [7, 11) is 1.98. The molecule has 4 atom stereocenters. The van der Waals surface area contributed by atoms with Crippen molar-refractivity contribution in [3.8, 4) is 0 Å². The lowest BCUT2D eigenvalue weighted by atomic mass is 9.82. The molecule has 3 fully saturated rings. The molecule has 0 spiro atoms. The number of nitrogens with one attached hydrogen (secondary N) is 1. The molecule has 1 aromatic rings. The van der Waals surface area contributed by atoms with Crippen LogP contribution in [0.25, 0.3) is 0 Å².